The first-order valence-electron chi connectivity index (χ1n) is 7.57. The van der Waals surface area contributed by atoms with E-state index in [9.17, 15) is 0 Å². The van der Waals surface area contributed by atoms with Crippen LogP contribution in [0.4, 0.5) is 0 Å². The Balaban J connectivity index is 2.17. The Morgan fingerprint density at radius 3 is 2.36 bits per heavy atom. The molecule has 3 rings (SSSR count). The van der Waals surface area contributed by atoms with E-state index < -0.39 is 0 Å². The lowest BCUT2D eigenvalue weighted by Crippen LogP contribution is -2.02. The molecule has 0 unspecified atom stereocenters. The van der Waals surface area contributed by atoms with Crippen LogP contribution < -0.4 is 10.5 Å². The van der Waals surface area contributed by atoms with Crippen LogP contribution in [0.5, 0.6) is 6.01 Å². The third kappa shape index (κ3) is 3.74. The lowest BCUT2D eigenvalue weighted by molar-refractivity contribution is 0.379. The van der Waals surface area contributed by atoms with Crippen molar-refractivity contribution in [1.82, 2.24) is 15.0 Å². The summed E-state index contributed by atoms with van der Waals surface area (Å²) in [5.41, 5.74) is 9.08. The molecule has 1 aromatic heterocycles. The molecule has 0 bridgehead atoms. The summed E-state index contributed by atoms with van der Waals surface area (Å²) in [6.45, 7) is 2.32. The Hall–Kier alpha value is -2.21. The van der Waals surface area contributed by atoms with Crippen molar-refractivity contribution in [2.24, 2.45) is 5.73 Å². The van der Waals surface area contributed by atoms with E-state index in [0.29, 0.717) is 33.8 Å². The molecule has 2 aromatic carbocycles. The van der Waals surface area contributed by atoms with Crippen molar-refractivity contribution in [2.45, 2.75) is 13.5 Å². The number of nitrogens with two attached hydrogens (primary N) is 1. The quantitative estimate of drug-likeness (QED) is 0.737. The number of aromatic nitrogens is 3. The van der Waals surface area contributed by atoms with Crippen LogP contribution in [-0.2, 0) is 6.54 Å². The highest BCUT2D eigenvalue weighted by molar-refractivity contribution is 6.33. The molecule has 7 heteroatoms. The van der Waals surface area contributed by atoms with Gasteiger partial charge in [0.25, 0.3) is 0 Å². The molecule has 0 aliphatic heterocycles. The maximum atomic E-state index is 6.33. The fourth-order valence-corrected chi connectivity index (χ4v) is 2.67. The summed E-state index contributed by atoms with van der Waals surface area (Å²) in [6, 6.07) is 11.3. The number of halogens is 2. The van der Waals surface area contributed by atoms with Gasteiger partial charge in [0, 0.05) is 22.7 Å². The van der Waals surface area contributed by atoms with Crippen molar-refractivity contribution in [3.05, 3.63) is 57.6 Å². The Morgan fingerprint density at radius 1 is 0.960 bits per heavy atom. The summed E-state index contributed by atoms with van der Waals surface area (Å²) < 4.78 is 5.23. The maximum absolute atomic E-state index is 6.33. The van der Waals surface area contributed by atoms with Gasteiger partial charge in [0.2, 0.25) is 0 Å². The van der Waals surface area contributed by atoms with Crippen LogP contribution in [0.2, 0.25) is 10.0 Å². The summed E-state index contributed by atoms with van der Waals surface area (Å²) >= 11 is 12.4. The SMILES string of the molecule is COc1nc(-c2ccc(Cl)c(C)c2)nc(-c2cc(CN)ccc2Cl)n1. The largest absolute Gasteiger partial charge is 0.467 e. The molecule has 2 N–H and O–H groups in total. The van der Waals surface area contributed by atoms with Crippen molar-refractivity contribution in [2.75, 3.05) is 7.11 Å². The average molecular weight is 375 g/mol. The number of hydrogen-bond donors (Lipinski definition) is 1. The van der Waals surface area contributed by atoms with E-state index in [4.69, 9.17) is 33.7 Å². The molecular formula is C18H16Cl2N4O. The first-order valence-corrected chi connectivity index (χ1v) is 8.33. The van der Waals surface area contributed by atoms with Crippen LogP contribution in [0.1, 0.15) is 11.1 Å². The van der Waals surface area contributed by atoms with Crippen LogP contribution in [0.3, 0.4) is 0 Å². The monoisotopic (exact) mass is 374 g/mol. The van der Waals surface area contributed by atoms with E-state index in [1.807, 2.05) is 37.3 Å². The Bertz CT molecular complexity index is 931. The van der Waals surface area contributed by atoms with Crippen LogP contribution >= 0.6 is 23.2 Å². The second-order valence-electron chi connectivity index (χ2n) is 5.45. The fraction of sp³-hybridized carbons (Fsp3) is 0.167. The molecule has 5 nitrogen and oxygen atoms in total. The average Bonchev–Trinajstić information content (AvgIpc) is 2.64. The molecule has 0 amide bonds. The lowest BCUT2D eigenvalue weighted by Gasteiger charge is -2.09. The minimum absolute atomic E-state index is 0.210. The van der Waals surface area contributed by atoms with Crippen molar-refractivity contribution >= 4 is 23.2 Å². The summed E-state index contributed by atoms with van der Waals surface area (Å²) in [4.78, 5) is 13.2. The van der Waals surface area contributed by atoms with Crippen LogP contribution in [0.25, 0.3) is 22.8 Å². The zero-order chi connectivity index (χ0) is 18.0. The van der Waals surface area contributed by atoms with Crippen LogP contribution in [0, 0.1) is 6.92 Å². The zero-order valence-corrected chi connectivity index (χ0v) is 15.3. The van der Waals surface area contributed by atoms with Crippen molar-refractivity contribution in [3.8, 4) is 28.8 Å². The highest BCUT2D eigenvalue weighted by Crippen LogP contribution is 2.30. The summed E-state index contributed by atoms with van der Waals surface area (Å²) in [5.74, 6) is 0.908. The molecule has 0 radical (unpaired) electrons. The third-order valence-corrected chi connectivity index (χ3v) is 4.47. The first kappa shape index (κ1) is 17.6. The number of methoxy groups -OCH3 is 1. The first-order chi connectivity index (χ1) is 12.0. The highest BCUT2D eigenvalue weighted by Gasteiger charge is 2.14. The van der Waals surface area contributed by atoms with Gasteiger partial charge < -0.3 is 10.5 Å². The second-order valence-corrected chi connectivity index (χ2v) is 6.27. The Morgan fingerprint density at radius 2 is 1.68 bits per heavy atom. The highest BCUT2D eigenvalue weighted by atomic mass is 35.5. The maximum Gasteiger partial charge on any atom is 0.320 e. The summed E-state index contributed by atoms with van der Waals surface area (Å²) in [7, 11) is 1.51. The topological polar surface area (TPSA) is 73.9 Å². The van der Waals surface area contributed by atoms with E-state index in [1.54, 1.807) is 6.07 Å². The van der Waals surface area contributed by atoms with Crippen molar-refractivity contribution < 1.29 is 4.74 Å². The van der Waals surface area contributed by atoms with E-state index in [2.05, 4.69) is 15.0 Å². The molecule has 1 heterocycles. The third-order valence-electron chi connectivity index (χ3n) is 3.72. The molecule has 0 aliphatic rings. The number of nitrogens with zero attached hydrogens (tertiary/aromatic N) is 3. The smallest absolute Gasteiger partial charge is 0.320 e. The van der Waals surface area contributed by atoms with Gasteiger partial charge >= 0.3 is 6.01 Å². The molecule has 25 heavy (non-hydrogen) atoms. The fourth-order valence-electron chi connectivity index (χ4n) is 2.35. The van der Waals surface area contributed by atoms with Crippen molar-refractivity contribution in [1.29, 1.82) is 0 Å². The van der Waals surface area contributed by atoms with E-state index in [1.165, 1.54) is 7.11 Å². The number of hydrogen-bond acceptors (Lipinski definition) is 5. The lowest BCUT2D eigenvalue weighted by atomic mass is 10.1. The van der Waals surface area contributed by atoms with Gasteiger partial charge in [-0.2, -0.15) is 9.97 Å². The van der Waals surface area contributed by atoms with E-state index in [0.717, 1.165) is 16.7 Å². The summed E-state index contributed by atoms with van der Waals surface area (Å²) in [5, 5.41) is 1.22. The molecule has 0 fully saturated rings. The Kier molecular flexibility index (Phi) is 5.18. The molecule has 128 valence electrons. The molecular weight excluding hydrogens is 359 g/mol. The van der Waals surface area contributed by atoms with Gasteiger partial charge in [0.1, 0.15) is 0 Å². The van der Waals surface area contributed by atoms with Gasteiger partial charge in [-0.05, 0) is 48.4 Å². The molecule has 0 saturated carbocycles. The van der Waals surface area contributed by atoms with Crippen LogP contribution in [-0.4, -0.2) is 22.1 Å². The van der Waals surface area contributed by atoms with Gasteiger partial charge in [-0.25, -0.2) is 4.98 Å². The number of aryl methyl sites for hydroxylation is 1. The Labute approximate surface area is 155 Å². The van der Waals surface area contributed by atoms with Gasteiger partial charge in [-0.1, -0.05) is 29.3 Å². The summed E-state index contributed by atoms with van der Waals surface area (Å²) in [6.07, 6.45) is 0. The minimum Gasteiger partial charge on any atom is -0.467 e. The normalized spacial score (nSPS) is 10.8. The van der Waals surface area contributed by atoms with E-state index >= 15 is 0 Å². The number of ether oxygens (including phenoxy) is 1. The predicted octanol–water partition coefficient (Wildman–Crippen LogP) is 4.29. The van der Waals surface area contributed by atoms with Gasteiger partial charge in [-0.3, -0.25) is 0 Å². The van der Waals surface area contributed by atoms with Gasteiger partial charge in [0.05, 0.1) is 12.1 Å². The minimum atomic E-state index is 0.210. The molecule has 0 saturated heterocycles. The van der Waals surface area contributed by atoms with Crippen molar-refractivity contribution in [3.63, 3.8) is 0 Å². The van der Waals surface area contributed by atoms with Crippen LogP contribution in [0.15, 0.2) is 36.4 Å². The number of benzene rings is 2. The van der Waals surface area contributed by atoms with E-state index in [-0.39, 0.29) is 6.01 Å². The molecule has 0 atom stereocenters. The molecule has 0 aliphatic carbocycles. The zero-order valence-electron chi connectivity index (χ0n) is 13.8. The van der Waals surface area contributed by atoms with Gasteiger partial charge in [0.15, 0.2) is 11.6 Å². The predicted molar refractivity (Wildman–Crippen MR) is 99.9 cm³/mol. The standard InChI is InChI=1S/C18H16Cl2N4O/c1-10-7-12(4-6-14(10)19)16-22-17(24-18(23-16)25-2)13-8-11(9-21)3-5-15(13)20/h3-8H,9,21H2,1-2H3. The number of rotatable bonds is 4. The molecule has 0 spiro atoms. The molecule has 3 aromatic rings. The van der Waals surface area contributed by atoms with Gasteiger partial charge in [-0.15, -0.1) is 0 Å². The second kappa shape index (κ2) is 7.35.